The van der Waals surface area contributed by atoms with Crippen LogP contribution in [0.5, 0.6) is 0 Å². The first-order valence-corrected chi connectivity index (χ1v) is 8.60. The van der Waals surface area contributed by atoms with E-state index >= 15 is 0 Å². The zero-order valence-corrected chi connectivity index (χ0v) is 14.1. The number of hydrogen-bond acceptors (Lipinski definition) is 2. The highest BCUT2D eigenvalue weighted by Crippen LogP contribution is 2.28. The van der Waals surface area contributed by atoms with Gasteiger partial charge in [0.05, 0.1) is 5.75 Å². The van der Waals surface area contributed by atoms with Gasteiger partial charge >= 0.3 is 0 Å². The first kappa shape index (κ1) is 15.6. The quantitative estimate of drug-likeness (QED) is 0.670. The fourth-order valence-electron chi connectivity index (χ4n) is 2.65. The third kappa shape index (κ3) is 3.57. The number of carbonyl (C=O) groups is 1. The van der Waals surface area contributed by atoms with Crippen LogP contribution in [-0.2, 0) is 4.79 Å². The van der Waals surface area contributed by atoms with Crippen LogP contribution in [0.4, 0.5) is 5.69 Å². The number of fused-ring (bicyclic) bond motifs is 1. The Morgan fingerprint density at radius 3 is 2.35 bits per heavy atom. The number of aryl methyl sites for hydroxylation is 2. The van der Waals surface area contributed by atoms with Crippen LogP contribution >= 0.6 is 11.8 Å². The van der Waals surface area contributed by atoms with Gasteiger partial charge in [0.15, 0.2) is 0 Å². The molecule has 0 fully saturated rings. The van der Waals surface area contributed by atoms with Crippen LogP contribution in [0.25, 0.3) is 10.8 Å². The topological polar surface area (TPSA) is 29.1 Å². The maximum Gasteiger partial charge on any atom is 0.234 e. The average molecular weight is 321 g/mol. The molecule has 0 spiro atoms. The lowest BCUT2D eigenvalue weighted by Gasteiger charge is -2.11. The van der Waals surface area contributed by atoms with Crippen LogP contribution < -0.4 is 5.32 Å². The number of hydrogen-bond donors (Lipinski definition) is 1. The zero-order valence-electron chi connectivity index (χ0n) is 13.3. The van der Waals surface area contributed by atoms with Crippen LogP contribution in [0.3, 0.4) is 0 Å². The van der Waals surface area contributed by atoms with Crippen LogP contribution in [0, 0.1) is 13.8 Å². The minimum absolute atomic E-state index is 0.0281. The molecule has 2 nitrogen and oxygen atoms in total. The molecule has 0 saturated heterocycles. The van der Waals surface area contributed by atoms with Crippen LogP contribution in [-0.4, -0.2) is 11.7 Å². The van der Waals surface area contributed by atoms with Gasteiger partial charge in [0.25, 0.3) is 0 Å². The van der Waals surface area contributed by atoms with Gasteiger partial charge in [-0.25, -0.2) is 0 Å². The minimum Gasteiger partial charge on any atom is -0.325 e. The predicted octanol–water partition coefficient (Wildman–Crippen LogP) is 5.19. The Morgan fingerprint density at radius 2 is 1.57 bits per heavy atom. The fourth-order valence-corrected chi connectivity index (χ4v) is 3.53. The van der Waals surface area contributed by atoms with Gasteiger partial charge in [-0.1, -0.05) is 54.6 Å². The summed E-state index contributed by atoms with van der Waals surface area (Å²) in [5.41, 5.74) is 3.11. The normalized spacial score (nSPS) is 10.7. The molecule has 0 aliphatic carbocycles. The van der Waals surface area contributed by atoms with Crippen molar-refractivity contribution in [3.05, 3.63) is 71.8 Å². The van der Waals surface area contributed by atoms with Crippen molar-refractivity contribution < 1.29 is 4.79 Å². The predicted molar refractivity (Wildman–Crippen MR) is 99.2 cm³/mol. The summed E-state index contributed by atoms with van der Waals surface area (Å²) in [7, 11) is 0. The maximum atomic E-state index is 12.3. The lowest BCUT2D eigenvalue weighted by Crippen LogP contribution is -2.15. The molecule has 3 rings (SSSR count). The van der Waals surface area contributed by atoms with E-state index in [0.717, 1.165) is 21.7 Å². The van der Waals surface area contributed by atoms with E-state index in [1.807, 2.05) is 50.2 Å². The smallest absolute Gasteiger partial charge is 0.234 e. The van der Waals surface area contributed by atoms with E-state index in [4.69, 9.17) is 0 Å². The highest BCUT2D eigenvalue weighted by molar-refractivity contribution is 8.00. The molecule has 0 radical (unpaired) electrons. The summed E-state index contributed by atoms with van der Waals surface area (Å²) >= 11 is 1.58. The maximum absolute atomic E-state index is 12.3. The summed E-state index contributed by atoms with van der Waals surface area (Å²) in [5, 5.41) is 5.43. The molecule has 116 valence electrons. The molecule has 0 bridgehead atoms. The summed E-state index contributed by atoms with van der Waals surface area (Å²) in [6.07, 6.45) is 0. The SMILES string of the molecule is Cc1cccc(C)c1NC(=O)CSc1cccc2ccccc12. The number of para-hydroxylation sites is 1. The van der Waals surface area contributed by atoms with Crippen LogP contribution in [0.15, 0.2) is 65.6 Å². The monoisotopic (exact) mass is 321 g/mol. The molecular weight excluding hydrogens is 302 g/mol. The van der Waals surface area contributed by atoms with Crippen LogP contribution in [0.1, 0.15) is 11.1 Å². The van der Waals surface area contributed by atoms with E-state index < -0.39 is 0 Å². The molecule has 0 aliphatic rings. The number of amides is 1. The molecule has 0 aromatic heterocycles. The molecule has 0 saturated carbocycles. The lowest BCUT2D eigenvalue weighted by molar-refractivity contribution is -0.113. The Kier molecular flexibility index (Phi) is 4.68. The number of carbonyl (C=O) groups excluding carboxylic acids is 1. The van der Waals surface area contributed by atoms with Crippen molar-refractivity contribution in [3.63, 3.8) is 0 Å². The Morgan fingerprint density at radius 1 is 0.913 bits per heavy atom. The van der Waals surface area contributed by atoms with Gasteiger partial charge in [-0.3, -0.25) is 4.79 Å². The summed E-state index contributed by atoms with van der Waals surface area (Å²) in [6, 6.07) is 20.5. The molecule has 1 amide bonds. The number of nitrogens with one attached hydrogen (secondary N) is 1. The van der Waals surface area contributed by atoms with E-state index in [0.29, 0.717) is 5.75 Å². The summed E-state index contributed by atoms with van der Waals surface area (Å²) in [5.74, 6) is 0.433. The highest BCUT2D eigenvalue weighted by atomic mass is 32.2. The minimum atomic E-state index is 0.0281. The molecule has 0 heterocycles. The van der Waals surface area contributed by atoms with Crippen molar-refractivity contribution in [1.29, 1.82) is 0 Å². The van der Waals surface area contributed by atoms with Gasteiger partial charge in [-0.2, -0.15) is 0 Å². The molecule has 3 aromatic rings. The van der Waals surface area contributed by atoms with E-state index in [2.05, 4.69) is 29.6 Å². The second-order valence-electron chi connectivity index (χ2n) is 5.58. The Labute approximate surface area is 140 Å². The molecule has 0 aliphatic heterocycles. The summed E-state index contributed by atoms with van der Waals surface area (Å²) in [4.78, 5) is 13.4. The summed E-state index contributed by atoms with van der Waals surface area (Å²) in [6.45, 7) is 4.03. The van der Waals surface area contributed by atoms with Gasteiger partial charge in [-0.15, -0.1) is 11.8 Å². The second-order valence-corrected chi connectivity index (χ2v) is 6.60. The van der Waals surface area contributed by atoms with Gasteiger partial charge in [0, 0.05) is 10.6 Å². The Hall–Kier alpha value is -2.26. The van der Waals surface area contributed by atoms with Gasteiger partial charge in [0.1, 0.15) is 0 Å². The molecule has 0 atom stereocenters. The molecule has 3 heteroatoms. The molecular formula is C20H19NOS. The Balaban J connectivity index is 1.71. The molecule has 0 unspecified atom stereocenters. The highest BCUT2D eigenvalue weighted by Gasteiger charge is 2.09. The number of benzene rings is 3. The molecule has 1 N–H and O–H groups in total. The van der Waals surface area contributed by atoms with Gasteiger partial charge in [-0.05, 0) is 41.8 Å². The Bertz CT molecular complexity index is 832. The first-order chi connectivity index (χ1) is 11.1. The van der Waals surface area contributed by atoms with Gasteiger partial charge < -0.3 is 5.32 Å². The van der Waals surface area contributed by atoms with Crippen molar-refractivity contribution >= 4 is 34.1 Å². The molecule has 23 heavy (non-hydrogen) atoms. The van der Waals surface area contributed by atoms with E-state index in [1.54, 1.807) is 11.8 Å². The average Bonchev–Trinajstić information content (AvgIpc) is 2.56. The van der Waals surface area contributed by atoms with Crippen molar-refractivity contribution in [2.45, 2.75) is 18.7 Å². The van der Waals surface area contributed by atoms with Crippen LogP contribution in [0.2, 0.25) is 0 Å². The third-order valence-electron chi connectivity index (χ3n) is 3.85. The van der Waals surface area contributed by atoms with E-state index in [9.17, 15) is 4.79 Å². The third-order valence-corrected chi connectivity index (χ3v) is 4.93. The van der Waals surface area contributed by atoms with Crippen molar-refractivity contribution in [2.75, 3.05) is 11.1 Å². The lowest BCUT2D eigenvalue weighted by atomic mass is 10.1. The van der Waals surface area contributed by atoms with E-state index in [1.165, 1.54) is 10.8 Å². The number of rotatable bonds is 4. The first-order valence-electron chi connectivity index (χ1n) is 7.62. The second kappa shape index (κ2) is 6.88. The van der Waals surface area contributed by atoms with E-state index in [-0.39, 0.29) is 5.91 Å². The number of thioether (sulfide) groups is 1. The molecule has 3 aromatic carbocycles. The van der Waals surface area contributed by atoms with Gasteiger partial charge in [0.2, 0.25) is 5.91 Å². The van der Waals surface area contributed by atoms with Crippen molar-refractivity contribution in [2.24, 2.45) is 0 Å². The zero-order chi connectivity index (χ0) is 16.2. The van der Waals surface area contributed by atoms with Crippen molar-refractivity contribution in [1.82, 2.24) is 0 Å². The summed E-state index contributed by atoms with van der Waals surface area (Å²) < 4.78 is 0. The number of anilines is 1. The largest absolute Gasteiger partial charge is 0.325 e. The van der Waals surface area contributed by atoms with Crippen molar-refractivity contribution in [3.8, 4) is 0 Å². The standard InChI is InChI=1S/C20H19NOS/c1-14-7-5-8-15(2)20(14)21-19(22)13-23-18-12-6-10-16-9-3-4-11-17(16)18/h3-12H,13H2,1-2H3,(H,21,22). The fraction of sp³-hybridized carbons (Fsp3) is 0.150.